The van der Waals surface area contributed by atoms with E-state index in [-0.39, 0.29) is 11.8 Å². The second kappa shape index (κ2) is 12.4. The van der Waals surface area contributed by atoms with Crippen molar-refractivity contribution in [3.8, 4) is 0 Å². The topological polar surface area (TPSA) is 37.4 Å². The van der Waals surface area contributed by atoms with Crippen LogP contribution in [0, 0.1) is 0 Å². The molecule has 3 heteroatoms. The maximum atomic E-state index is 13.7. The third-order valence-electron chi connectivity index (χ3n) is 6.01. The van der Waals surface area contributed by atoms with Gasteiger partial charge in [0.25, 0.3) is 0 Å². The van der Waals surface area contributed by atoms with E-state index in [1.54, 1.807) is 18.2 Å². The Labute approximate surface area is 207 Å². The number of hydrogen-bond acceptors (Lipinski definition) is 3. The predicted octanol–water partition coefficient (Wildman–Crippen LogP) is 6.40. The zero-order valence-corrected chi connectivity index (χ0v) is 19.7. The summed E-state index contributed by atoms with van der Waals surface area (Å²) in [6.07, 6.45) is 4.94. The molecular weight excluding hydrogens is 430 g/mol. The van der Waals surface area contributed by atoms with Gasteiger partial charge in [0.2, 0.25) is 0 Å². The van der Waals surface area contributed by atoms with Crippen LogP contribution in [-0.2, 0) is 24.3 Å². The summed E-state index contributed by atoms with van der Waals surface area (Å²) in [6, 6.07) is 37.6. The Morgan fingerprint density at radius 2 is 1.09 bits per heavy atom. The van der Waals surface area contributed by atoms with Gasteiger partial charge in [-0.1, -0.05) is 121 Å². The highest BCUT2D eigenvalue weighted by Gasteiger charge is 2.25. The summed E-state index contributed by atoms with van der Waals surface area (Å²) in [7, 11) is 0. The highest BCUT2D eigenvalue weighted by molar-refractivity contribution is 5.97. The van der Waals surface area contributed by atoms with Crippen LogP contribution in [-0.4, -0.2) is 23.0 Å². The molecule has 4 aromatic carbocycles. The normalized spacial score (nSPS) is 12.0. The van der Waals surface area contributed by atoms with Crippen LogP contribution in [0.4, 0.5) is 0 Å². The van der Waals surface area contributed by atoms with Crippen LogP contribution in [0.2, 0.25) is 0 Å². The second-order valence-corrected chi connectivity index (χ2v) is 8.60. The number of ketones is 1. The van der Waals surface area contributed by atoms with Crippen LogP contribution >= 0.6 is 0 Å². The summed E-state index contributed by atoms with van der Waals surface area (Å²) in [6.45, 7) is 1.34. The molecule has 0 aliphatic rings. The molecule has 0 N–H and O–H groups in total. The standard InChI is InChI=1S/C32H29NO2/c34-25-30-18-16-26(17-19-30)20-21-32(35)31(22-27-10-4-1-5-11-27)33(23-28-12-6-2-7-13-28)24-29-14-8-3-9-15-29/h1-21,25,31H,22-24H2/b21-20+/t31-/m0/s1. The van der Waals surface area contributed by atoms with Crippen molar-refractivity contribution in [2.45, 2.75) is 25.6 Å². The molecule has 35 heavy (non-hydrogen) atoms. The molecule has 0 fully saturated rings. The Morgan fingerprint density at radius 1 is 0.629 bits per heavy atom. The first kappa shape index (κ1) is 24.1. The summed E-state index contributed by atoms with van der Waals surface area (Å²) in [4.78, 5) is 26.9. The fourth-order valence-corrected chi connectivity index (χ4v) is 4.13. The maximum absolute atomic E-state index is 13.7. The highest BCUT2D eigenvalue weighted by Crippen LogP contribution is 2.19. The molecule has 1 atom stereocenters. The van der Waals surface area contributed by atoms with E-state index >= 15 is 0 Å². The predicted molar refractivity (Wildman–Crippen MR) is 142 cm³/mol. The lowest BCUT2D eigenvalue weighted by Gasteiger charge is -2.30. The van der Waals surface area contributed by atoms with Gasteiger partial charge in [-0.05, 0) is 34.8 Å². The average Bonchev–Trinajstić information content (AvgIpc) is 2.92. The molecule has 4 rings (SSSR count). The van der Waals surface area contributed by atoms with Crippen molar-refractivity contribution in [3.05, 3.63) is 149 Å². The molecule has 4 aromatic rings. The Balaban J connectivity index is 1.65. The Bertz CT molecular complexity index is 1190. The minimum Gasteiger partial charge on any atom is -0.298 e. The number of nitrogens with zero attached hydrogens (tertiary/aromatic N) is 1. The first-order valence-electron chi connectivity index (χ1n) is 11.8. The van der Waals surface area contributed by atoms with Crippen LogP contribution in [0.15, 0.2) is 121 Å². The van der Waals surface area contributed by atoms with E-state index in [9.17, 15) is 9.59 Å². The number of rotatable bonds is 11. The molecule has 0 spiro atoms. The van der Waals surface area contributed by atoms with Crippen molar-refractivity contribution in [3.63, 3.8) is 0 Å². The molecule has 0 amide bonds. The van der Waals surface area contributed by atoms with E-state index in [2.05, 4.69) is 41.3 Å². The van der Waals surface area contributed by atoms with Crippen LogP contribution < -0.4 is 0 Å². The van der Waals surface area contributed by atoms with Crippen molar-refractivity contribution >= 4 is 18.1 Å². The highest BCUT2D eigenvalue weighted by atomic mass is 16.1. The lowest BCUT2D eigenvalue weighted by Crippen LogP contribution is -2.41. The van der Waals surface area contributed by atoms with Crippen LogP contribution in [0.5, 0.6) is 0 Å². The van der Waals surface area contributed by atoms with Gasteiger partial charge in [0.1, 0.15) is 6.29 Å². The van der Waals surface area contributed by atoms with Crippen LogP contribution in [0.3, 0.4) is 0 Å². The summed E-state index contributed by atoms with van der Waals surface area (Å²) in [5.74, 6) is 0.0557. The summed E-state index contributed by atoms with van der Waals surface area (Å²) < 4.78 is 0. The van der Waals surface area contributed by atoms with E-state index < -0.39 is 0 Å². The number of carbonyl (C=O) groups is 2. The molecule has 0 saturated carbocycles. The largest absolute Gasteiger partial charge is 0.298 e. The van der Waals surface area contributed by atoms with Gasteiger partial charge in [0.15, 0.2) is 5.78 Å². The van der Waals surface area contributed by atoms with E-state index in [0.29, 0.717) is 25.1 Å². The number of aldehydes is 1. The molecule has 0 saturated heterocycles. The minimum atomic E-state index is -0.330. The molecule has 3 nitrogen and oxygen atoms in total. The van der Waals surface area contributed by atoms with Gasteiger partial charge >= 0.3 is 0 Å². The van der Waals surface area contributed by atoms with Gasteiger partial charge in [-0.15, -0.1) is 0 Å². The lowest BCUT2D eigenvalue weighted by atomic mass is 9.98. The fourth-order valence-electron chi connectivity index (χ4n) is 4.13. The van der Waals surface area contributed by atoms with Gasteiger partial charge in [-0.25, -0.2) is 0 Å². The fraction of sp³-hybridized carbons (Fsp3) is 0.125. The van der Waals surface area contributed by atoms with Crippen molar-refractivity contribution in [1.29, 1.82) is 0 Å². The van der Waals surface area contributed by atoms with Crippen molar-refractivity contribution < 1.29 is 9.59 Å². The Kier molecular flexibility index (Phi) is 8.52. The third kappa shape index (κ3) is 7.20. The monoisotopic (exact) mass is 459 g/mol. The van der Waals surface area contributed by atoms with Crippen LogP contribution in [0.25, 0.3) is 6.08 Å². The van der Waals surface area contributed by atoms with Crippen LogP contribution in [0.1, 0.15) is 32.6 Å². The molecule has 0 aliphatic carbocycles. The molecule has 0 aromatic heterocycles. The maximum Gasteiger partial charge on any atom is 0.173 e. The first-order valence-corrected chi connectivity index (χ1v) is 11.8. The average molecular weight is 460 g/mol. The van der Waals surface area contributed by atoms with E-state index in [1.165, 1.54) is 11.1 Å². The summed E-state index contributed by atoms with van der Waals surface area (Å²) in [5, 5.41) is 0. The second-order valence-electron chi connectivity index (χ2n) is 8.60. The summed E-state index contributed by atoms with van der Waals surface area (Å²) >= 11 is 0. The third-order valence-corrected chi connectivity index (χ3v) is 6.01. The van der Waals surface area contributed by atoms with E-state index in [0.717, 1.165) is 17.4 Å². The molecule has 0 aliphatic heterocycles. The number of carbonyl (C=O) groups excluding carboxylic acids is 2. The van der Waals surface area contributed by atoms with Gasteiger partial charge in [-0.2, -0.15) is 0 Å². The lowest BCUT2D eigenvalue weighted by molar-refractivity contribution is -0.120. The molecule has 0 heterocycles. The summed E-state index contributed by atoms with van der Waals surface area (Å²) in [5.41, 5.74) is 4.97. The Hall–Kier alpha value is -4.08. The van der Waals surface area contributed by atoms with E-state index in [1.807, 2.05) is 72.8 Å². The smallest absolute Gasteiger partial charge is 0.173 e. The van der Waals surface area contributed by atoms with Crippen molar-refractivity contribution in [2.24, 2.45) is 0 Å². The SMILES string of the molecule is O=Cc1ccc(/C=C/C(=O)[C@H](Cc2ccccc2)N(Cc2ccccc2)Cc2ccccc2)cc1. The van der Waals surface area contributed by atoms with Crippen molar-refractivity contribution in [1.82, 2.24) is 4.90 Å². The Morgan fingerprint density at radius 3 is 1.57 bits per heavy atom. The molecule has 0 unspecified atom stereocenters. The first-order chi connectivity index (χ1) is 17.2. The quantitative estimate of drug-likeness (QED) is 0.192. The minimum absolute atomic E-state index is 0.0557. The molecule has 0 radical (unpaired) electrons. The zero-order valence-electron chi connectivity index (χ0n) is 19.7. The van der Waals surface area contributed by atoms with Gasteiger partial charge in [-0.3, -0.25) is 14.5 Å². The molecular formula is C32H29NO2. The number of hydrogen-bond donors (Lipinski definition) is 0. The van der Waals surface area contributed by atoms with Crippen molar-refractivity contribution in [2.75, 3.05) is 0 Å². The van der Waals surface area contributed by atoms with Gasteiger partial charge in [0, 0.05) is 18.7 Å². The molecule has 174 valence electrons. The molecule has 0 bridgehead atoms. The van der Waals surface area contributed by atoms with E-state index in [4.69, 9.17) is 0 Å². The zero-order chi connectivity index (χ0) is 24.3. The number of benzene rings is 4. The van der Waals surface area contributed by atoms with Gasteiger partial charge < -0.3 is 0 Å². The van der Waals surface area contributed by atoms with Gasteiger partial charge in [0.05, 0.1) is 6.04 Å².